The number of anilines is 1. The Hall–Kier alpha value is -2.80. The number of hydrogen-bond donors (Lipinski definition) is 0. The van der Waals surface area contributed by atoms with Crippen LogP contribution >= 0.6 is 0 Å². The fourth-order valence-electron chi connectivity index (χ4n) is 2.98. The molecule has 0 aromatic carbocycles. The SMILES string of the molecule is Cc1cccc(-c2nccn2-c2ccnc(N3CCN(C)CC3)n2)n1. The van der Waals surface area contributed by atoms with Gasteiger partial charge in [0, 0.05) is 50.5 Å². The highest BCUT2D eigenvalue weighted by atomic mass is 15.3. The third-order valence-corrected chi connectivity index (χ3v) is 4.42. The van der Waals surface area contributed by atoms with E-state index in [4.69, 9.17) is 4.98 Å². The van der Waals surface area contributed by atoms with Gasteiger partial charge in [-0.25, -0.2) is 15.0 Å². The second-order valence-corrected chi connectivity index (χ2v) is 6.29. The molecular formula is C18H21N7. The van der Waals surface area contributed by atoms with Crippen molar-refractivity contribution < 1.29 is 0 Å². The summed E-state index contributed by atoms with van der Waals surface area (Å²) >= 11 is 0. The maximum Gasteiger partial charge on any atom is 0.227 e. The first-order valence-electron chi connectivity index (χ1n) is 8.45. The van der Waals surface area contributed by atoms with E-state index in [0.29, 0.717) is 0 Å². The minimum Gasteiger partial charge on any atom is -0.338 e. The van der Waals surface area contributed by atoms with Gasteiger partial charge in [0.25, 0.3) is 0 Å². The molecular weight excluding hydrogens is 314 g/mol. The lowest BCUT2D eigenvalue weighted by molar-refractivity contribution is 0.311. The molecule has 0 atom stereocenters. The molecule has 4 heterocycles. The van der Waals surface area contributed by atoms with Crippen LogP contribution in [0.15, 0.2) is 42.9 Å². The summed E-state index contributed by atoms with van der Waals surface area (Å²) in [4.78, 5) is 22.8. The van der Waals surface area contributed by atoms with Crippen molar-refractivity contribution in [3.05, 3.63) is 48.5 Å². The molecule has 0 N–H and O–H groups in total. The van der Waals surface area contributed by atoms with Crippen LogP contribution in [0.4, 0.5) is 5.95 Å². The van der Waals surface area contributed by atoms with E-state index in [9.17, 15) is 0 Å². The van der Waals surface area contributed by atoms with Crippen LogP contribution in [0.3, 0.4) is 0 Å². The Bertz CT molecular complexity index is 865. The number of rotatable bonds is 3. The van der Waals surface area contributed by atoms with Crippen LogP contribution in [0.1, 0.15) is 5.69 Å². The van der Waals surface area contributed by atoms with Gasteiger partial charge < -0.3 is 9.80 Å². The molecule has 1 fully saturated rings. The molecule has 7 nitrogen and oxygen atoms in total. The molecule has 1 aliphatic heterocycles. The van der Waals surface area contributed by atoms with E-state index in [-0.39, 0.29) is 0 Å². The summed E-state index contributed by atoms with van der Waals surface area (Å²) in [6, 6.07) is 7.84. The van der Waals surface area contributed by atoms with E-state index in [2.05, 4.69) is 31.8 Å². The maximum absolute atomic E-state index is 4.76. The Morgan fingerprint density at radius 2 is 1.76 bits per heavy atom. The smallest absolute Gasteiger partial charge is 0.227 e. The van der Waals surface area contributed by atoms with E-state index in [1.807, 2.05) is 48.1 Å². The van der Waals surface area contributed by atoms with Gasteiger partial charge in [-0.1, -0.05) is 6.07 Å². The average molecular weight is 335 g/mol. The van der Waals surface area contributed by atoms with Crippen LogP contribution in [-0.4, -0.2) is 62.6 Å². The van der Waals surface area contributed by atoms with Gasteiger partial charge in [-0.05, 0) is 32.2 Å². The standard InChI is InChI=1S/C18H21N7/c1-14-4-3-5-15(21-14)17-19-8-9-25(17)16-6-7-20-18(22-16)24-12-10-23(2)11-13-24/h3-9H,10-13H2,1-2H3. The molecule has 0 spiro atoms. The van der Waals surface area contributed by atoms with Crippen molar-refractivity contribution in [2.45, 2.75) is 6.92 Å². The lowest BCUT2D eigenvalue weighted by Gasteiger charge is -2.32. The minimum atomic E-state index is 0.766. The van der Waals surface area contributed by atoms with Crippen molar-refractivity contribution in [1.29, 1.82) is 0 Å². The van der Waals surface area contributed by atoms with Gasteiger partial charge in [-0.2, -0.15) is 4.98 Å². The monoisotopic (exact) mass is 335 g/mol. The van der Waals surface area contributed by atoms with Crippen LogP contribution < -0.4 is 4.90 Å². The number of hydrogen-bond acceptors (Lipinski definition) is 6. The van der Waals surface area contributed by atoms with E-state index in [1.165, 1.54) is 0 Å². The maximum atomic E-state index is 4.76. The molecule has 0 amide bonds. The number of nitrogens with zero attached hydrogens (tertiary/aromatic N) is 7. The summed E-state index contributed by atoms with van der Waals surface area (Å²) in [5.41, 5.74) is 1.80. The topological polar surface area (TPSA) is 63.0 Å². The van der Waals surface area contributed by atoms with E-state index in [1.54, 1.807) is 6.20 Å². The Morgan fingerprint density at radius 1 is 0.920 bits per heavy atom. The second-order valence-electron chi connectivity index (χ2n) is 6.29. The van der Waals surface area contributed by atoms with Crippen molar-refractivity contribution >= 4 is 5.95 Å². The highest BCUT2D eigenvalue weighted by Gasteiger charge is 2.17. The van der Waals surface area contributed by atoms with Gasteiger partial charge in [-0.3, -0.25) is 4.57 Å². The van der Waals surface area contributed by atoms with Crippen molar-refractivity contribution in [2.24, 2.45) is 0 Å². The Kier molecular flexibility index (Phi) is 4.15. The zero-order chi connectivity index (χ0) is 17.2. The van der Waals surface area contributed by atoms with Gasteiger partial charge in [0.1, 0.15) is 11.5 Å². The molecule has 3 aromatic heterocycles. The molecule has 25 heavy (non-hydrogen) atoms. The molecule has 7 heteroatoms. The highest BCUT2D eigenvalue weighted by Crippen LogP contribution is 2.20. The number of pyridine rings is 1. The summed E-state index contributed by atoms with van der Waals surface area (Å²) in [6.07, 6.45) is 5.50. The molecule has 0 bridgehead atoms. The minimum absolute atomic E-state index is 0.766. The average Bonchev–Trinajstić information content (AvgIpc) is 3.12. The lowest BCUT2D eigenvalue weighted by atomic mass is 10.3. The van der Waals surface area contributed by atoms with E-state index in [0.717, 1.165) is 55.2 Å². The summed E-state index contributed by atoms with van der Waals surface area (Å²) in [6.45, 7) is 5.91. The number of aryl methyl sites for hydroxylation is 1. The molecule has 0 aliphatic carbocycles. The van der Waals surface area contributed by atoms with Gasteiger partial charge in [0.05, 0.1) is 0 Å². The van der Waals surface area contributed by atoms with Crippen molar-refractivity contribution in [3.63, 3.8) is 0 Å². The van der Waals surface area contributed by atoms with E-state index < -0.39 is 0 Å². The zero-order valence-corrected chi connectivity index (χ0v) is 14.5. The fraction of sp³-hybridized carbons (Fsp3) is 0.333. The van der Waals surface area contributed by atoms with Crippen molar-refractivity contribution in [3.8, 4) is 17.3 Å². The molecule has 3 aromatic rings. The van der Waals surface area contributed by atoms with Crippen LogP contribution in [0.25, 0.3) is 17.3 Å². The first-order chi connectivity index (χ1) is 12.2. The first-order valence-corrected chi connectivity index (χ1v) is 8.45. The number of aromatic nitrogens is 5. The normalized spacial score (nSPS) is 15.5. The van der Waals surface area contributed by atoms with Crippen LogP contribution in [0, 0.1) is 6.92 Å². The van der Waals surface area contributed by atoms with Crippen LogP contribution in [0.5, 0.6) is 0 Å². The van der Waals surface area contributed by atoms with Gasteiger partial charge >= 0.3 is 0 Å². The number of piperazine rings is 1. The molecule has 0 radical (unpaired) electrons. The molecule has 1 saturated heterocycles. The van der Waals surface area contributed by atoms with Gasteiger partial charge in [-0.15, -0.1) is 0 Å². The predicted octanol–water partition coefficient (Wildman–Crippen LogP) is 1.78. The third-order valence-electron chi connectivity index (χ3n) is 4.42. The van der Waals surface area contributed by atoms with Crippen LogP contribution in [-0.2, 0) is 0 Å². The highest BCUT2D eigenvalue weighted by molar-refractivity contribution is 5.53. The fourth-order valence-corrected chi connectivity index (χ4v) is 2.98. The Morgan fingerprint density at radius 3 is 2.56 bits per heavy atom. The van der Waals surface area contributed by atoms with Crippen LogP contribution in [0.2, 0.25) is 0 Å². The van der Waals surface area contributed by atoms with Gasteiger partial charge in [0.15, 0.2) is 5.82 Å². The third kappa shape index (κ3) is 3.23. The Balaban J connectivity index is 1.67. The summed E-state index contributed by atoms with van der Waals surface area (Å²) in [5.74, 6) is 2.36. The number of imidazole rings is 1. The summed E-state index contributed by atoms with van der Waals surface area (Å²) in [5, 5.41) is 0. The molecule has 0 saturated carbocycles. The quantitative estimate of drug-likeness (QED) is 0.727. The lowest BCUT2D eigenvalue weighted by Crippen LogP contribution is -2.45. The van der Waals surface area contributed by atoms with Crippen molar-refractivity contribution in [1.82, 2.24) is 29.4 Å². The molecule has 1 aliphatic rings. The molecule has 0 unspecified atom stereocenters. The van der Waals surface area contributed by atoms with Crippen molar-refractivity contribution in [2.75, 3.05) is 38.1 Å². The molecule has 4 rings (SSSR count). The number of likely N-dealkylation sites (N-methyl/N-ethyl adjacent to an activating group) is 1. The Labute approximate surface area is 147 Å². The summed E-state index contributed by atoms with van der Waals surface area (Å²) < 4.78 is 1.96. The second kappa shape index (κ2) is 6.60. The summed E-state index contributed by atoms with van der Waals surface area (Å²) in [7, 11) is 2.14. The molecule has 128 valence electrons. The first kappa shape index (κ1) is 15.7. The van der Waals surface area contributed by atoms with E-state index >= 15 is 0 Å². The largest absolute Gasteiger partial charge is 0.338 e. The predicted molar refractivity (Wildman–Crippen MR) is 96.8 cm³/mol. The van der Waals surface area contributed by atoms with Gasteiger partial charge in [0.2, 0.25) is 5.95 Å². The zero-order valence-electron chi connectivity index (χ0n) is 14.5.